The molecule has 1 atom stereocenters. The molecule has 0 aliphatic heterocycles. The van der Waals surface area contributed by atoms with Crippen LogP contribution in [0, 0.1) is 6.92 Å². The average Bonchev–Trinajstić information content (AvgIpc) is 2.81. The standard InChI is InChI=1S/C25H28N6O2/c1-17-28-19(16-31-25(32)20-10-6-5-9-18(20)14-27-31)13-24(29-17)26-15-22(30(2)3)21-11-7-8-12-23(21)33-4/h5-14,22H,15-16H2,1-4H3,(H,26,28,29)/t22-/m0/s1. The maximum Gasteiger partial charge on any atom is 0.274 e. The van der Waals surface area contributed by atoms with Crippen molar-refractivity contribution < 1.29 is 4.74 Å². The SMILES string of the molecule is COc1ccccc1[C@H](CNc1cc(Cn2ncc3ccccc3c2=O)nc(C)n1)N(C)C. The van der Waals surface area contributed by atoms with Gasteiger partial charge in [-0.3, -0.25) is 4.79 Å². The Labute approximate surface area is 192 Å². The van der Waals surface area contributed by atoms with Crippen LogP contribution in [-0.2, 0) is 6.54 Å². The molecule has 0 saturated carbocycles. The predicted octanol–water partition coefficient (Wildman–Crippen LogP) is 3.27. The molecule has 1 N–H and O–H groups in total. The molecule has 0 amide bonds. The van der Waals surface area contributed by atoms with E-state index in [0.29, 0.717) is 29.3 Å². The number of rotatable bonds is 8. The van der Waals surface area contributed by atoms with Crippen LogP contribution in [0.5, 0.6) is 5.75 Å². The average molecular weight is 445 g/mol. The first-order valence-electron chi connectivity index (χ1n) is 10.8. The van der Waals surface area contributed by atoms with Crippen LogP contribution >= 0.6 is 0 Å². The van der Waals surface area contributed by atoms with Crippen molar-refractivity contribution in [3.8, 4) is 5.75 Å². The highest BCUT2D eigenvalue weighted by molar-refractivity contribution is 5.80. The topological polar surface area (TPSA) is 85.2 Å². The molecule has 2 aromatic carbocycles. The van der Waals surface area contributed by atoms with Crippen molar-refractivity contribution >= 4 is 16.6 Å². The van der Waals surface area contributed by atoms with Gasteiger partial charge >= 0.3 is 0 Å². The van der Waals surface area contributed by atoms with E-state index in [9.17, 15) is 4.79 Å². The van der Waals surface area contributed by atoms with Crippen LogP contribution in [0.15, 0.2) is 65.6 Å². The van der Waals surface area contributed by atoms with Crippen LogP contribution in [0.2, 0.25) is 0 Å². The van der Waals surface area contributed by atoms with Crippen molar-refractivity contribution in [1.82, 2.24) is 24.6 Å². The van der Waals surface area contributed by atoms with E-state index in [2.05, 4.69) is 31.3 Å². The first kappa shape index (κ1) is 22.4. The van der Waals surface area contributed by atoms with E-state index in [1.165, 1.54) is 4.68 Å². The van der Waals surface area contributed by atoms with E-state index in [1.54, 1.807) is 13.3 Å². The number of anilines is 1. The monoisotopic (exact) mass is 444 g/mol. The Hall–Kier alpha value is -3.78. The second-order valence-electron chi connectivity index (χ2n) is 8.09. The lowest BCUT2D eigenvalue weighted by molar-refractivity contribution is 0.300. The highest BCUT2D eigenvalue weighted by Crippen LogP contribution is 2.28. The molecule has 0 saturated heterocycles. The molecule has 0 unspecified atom stereocenters. The molecular weight excluding hydrogens is 416 g/mol. The first-order valence-corrected chi connectivity index (χ1v) is 10.8. The van der Waals surface area contributed by atoms with E-state index in [-0.39, 0.29) is 18.1 Å². The number of ether oxygens (including phenoxy) is 1. The quantitative estimate of drug-likeness (QED) is 0.446. The minimum absolute atomic E-state index is 0.0737. The second-order valence-corrected chi connectivity index (χ2v) is 8.09. The Morgan fingerprint density at radius 2 is 1.85 bits per heavy atom. The predicted molar refractivity (Wildman–Crippen MR) is 130 cm³/mol. The summed E-state index contributed by atoms with van der Waals surface area (Å²) in [6, 6.07) is 17.4. The van der Waals surface area contributed by atoms with Gasteiger partial charge in [-0.1, -0.05) is 36.4 Å². The lowest BCUT2D eigenvalue weighted by Crippen LogP contribution is -2.28. The Balaban J connectivity index is 1.56. The molecule has 33 heavy (non-hydrogen) atoms. The molecule has 0 radical (unpaired) electrons. The van der Waals surface area contributed by atoms with Gasteiger partial charge in [-0.25, -0.2) is 14.6 Å². The van der Waals surface area contributed by atoms with Gasteiger partial charge in [-0.2, -0.15) is 5.10 Å². The summed E-state index contributed by atoms with van der Waals surface area (Å²) >= 11 is 0. The molecule has 0 fully saturated rings. The van der Waals surface area contributed by atoms with Gasteiger partial charge in [-0.05, 0) is 33.2 Å². The summed E-state index contributed by atoms with van der Waals surface area (Å²) in [5.41, 5.74) is 1.67. The second kappa shape index (κ2) is 9.79. The first-order chi connectivity index (χ1) is 16.0. The van der Waals surface area contributed by atoms with Crippen LogP contribution in [-0.4, -0.2) is 52.4 Å². The number of hydrogen-bond donors (Lipinski definition) is 1. The minimum atomic E-state index is -0.136. The maximum atomic E-state index is 12.8. The van der Waals surface area contributed by atoms with Gasteiger partial charge in [0, 0.05) is 23.6 Å². The lowest BCUT2D eigenvalue weighted by Gasteiger charge is -2.26. The summed E-state index contributed by atoms with van der Waals surface area (Å²) in [7, 11) is 5.75. The van der Waals surface area contributed by atoms with Crippen LogP contribution in [0.1, 0.15) is 23.1 Å². The smallest absolute Gasteiger partial charge is 0.274 e. The van der Waals surface area contributed by atoms with Gasteiger partial charge in [0.1, 0.15) is 17.4 Å². The Bertz CT molecular complexity index is 1320. The summed E-state index contributed by atoms with van der Waals surface area (Å²) < 4.78 is 6.99. The van der Waals surface area contributed by atoms with Gasteiger partial charge in [0.2, 0.25) is 0 Å². The third-order valence-electron chi connectivity index (χ3n) is 5.56. The Morgan fingerprint density at radius 3 is 2.64 bits per heavy atom. The molecular formula is C25H28N6O2. The van der Waals surface area contributed by atoms with E-state index in [0.717, 1.165) is 16.7 Å². The summed E-state index contributed by atoms with van der Waals surface area (Å²) in [5.74, 6) is 2.18. The maximum absolute atomic E-state index is 12.8. The van der Waals surface area contributed by atoms with E-state index >= 15 is 0 Å². The Morgan fingerprint density at radius 1 is 1.09 bits per heavy atom. The van der Waals surface area contributed by atoms with Crippen LogP contribution in [0.3, 0.4) is 0 Å². The van der Waals surface area contributed by atoms with Crippen LogP contribution in [0.25, 0.3) is 10.8 Å². The molecule has 0 bridgehead atoms. The fourth-order valence-corrected chi connectivity index (χ4v) is 3.91. The molecule has 8 nitrogen and oxygen atoms in total. The van der Waals surface area contributed by atoms with Gasteiger partial charge in [0.15, 0.2) is 0 Å². The summed E-state index contributed by atoms with van der Waals surface area (Å²) in [4.78, 5) is 24.0. The molecule has 0 aliphatic carbocycles. The fraction of sp³-hybridized carbons (Fsp3) is 0.280. The summed E-state index contributed by atoms with van der Waals surface area (Å²) in [6.07, 6.45) is 1.71. The number of likely N-dealkylation sites (N-methyl/N-ethyl adjacent to an activating group) is 1. The Kier molecular flexibility index (Phi) is 6.65. The zero-order valence-corrected chi connectivity index (χ0v) is 19.3. The number of nitrogens with zero attached hydrogens (tertiary/aromatic N) is 5. The summed E-state index contributed by atoms with van der Waals surface area (Å²) in [6.45, 7) is 2.73. The lowest BCUT2D eigenvalue weighted by atomic mass is 10.0. The zero-order chi connectivity index (χ0) is 23.4. The molecule has 2 heterocycles. The number of hydrogen-bond acceptors (Lipinski definition) is 7. The molecule has 8 heteroatoms. The number of fused-ring (bicyclic) bond motifs is 1. The molecule has 0 spiro atoms. The number of methoxy groups -OCH3 is 1. The van der Waals surface area contributed by atoms with Crippen molar-refractivity contribution in [2.45, 2.75) is 19.5 Å². The minimum Gasteiger partial charge on any atom is -0.496 e. The normalized spacial score (nSPS) is 12.2. The number of nitrogens with one attached hydrogen (secondary N) is 1. The van der Waals surface area contributed by atoms with Crippen molar-refractivity contribution in [3.05, 3.63) is 88.2 Å². The highest BCUT2D eigenvalue weighted by Gasteiger charge is 2.18. The number of para-hydroxylation sites is 1. The van der Waals surface area contributed by atoms with Gasteiger partial charge in [0.25, 0.3) is 5.56 Å². The van der Waals surface area contributed by atoms with Crippen molar-refractivity contribution in [2.24, 2.45) is 0 Å². The van der Waals surface area contributed by atoms with Crippen LogP contribution in [0.4, 0.5) is 5.82 Å². The molecule has 4 aromatic rings. The number of aromatic nitrogens is 4. The third kappa shape index (κ3) is 5.01. The van der Waals surface area contributed by atoms with Crippen LogP contribution < -0.4 is 15.6 Å². The zero-order valence-electron chi connectivity index (χ0n) is 19.3. The van der Waals surface area contributed by atoms with Gasteiger partial charge in [-0.15, -0.1) is 0 Å². The van der Waals surface area contributed by atoms with E-state index in [4.69, 9.17) is 4.74 Å². The highest BCUT2D eigenvalue weighted by atomic mass is 16.5. The van der Waals surface area contributed by atoms with Crippen molar-refractivity contribution in [2.75, 3.05) is 33.1 Å². The molecule has 170 valence electrons. The molecule has 2 aromatic heterocycles. The van der Waals surface area contributed by atoms with Gasteiger partial charge in [0.05, 0.1) is 37.0 Å². The number of aryl methyl sites for hydroxylation is 1. The molecule has 4 rings (SSSR count). The third-order valence-corrected chi connectivity index (χ3v) is 5.56. The number of benzene rings is 2. The van der Waals surface area contributed by atoms with E-state index < -0.39 is 0 Å². The van der Waals surface area contributed by atoms with Gasteiger partial charge < -0.3 is 15.0 Å². The fourth-order valence-electron chi connectivity index (χ4n) is 3.91. The largest absolute Gasteiger partial charge is 0.496 e. The summed E-state index contributed by atoms with van der Waals surface area (Å²) in [5, 5.41) is 9.22. The van der Waals surface area contributed by atoms with Crippen molar-refractivity contribution in [3.63, 3.8) is 0 Å². The van der Waals surface area contributed by atoms with E-state index in [1.807, 2.05) is 69.6 Å². The van der Waals surface area contributed by atoms with Crippen molar-refractivity contribution in [1.29, 1.82) is 0 Å². The molecule has 0 aliphatic rings.